The number of unbranched alkanes of at least 4 members (excludes halogenated alkanes) is 3. The van der Waals surface area contributed by atoms with Gasteiger partial charge in [-0.05, 0) is 55.5 Å². The molecular weight excluding hydrogens is 340 g/mol. The summed E-state index contributed by atoms with van der Waals surface area (Å²) in [6.45, 7) is 1.77. The Kier molecular flexibility index (Phi) is 8.65. The van der Waals surface area contributed by atoms with Gasteiger partial charge in [-0.3, -0.25) is 9.69 Å². The summed E-state index contributed by atoms with van der Waals surface area (Å²) in [5, 5.41) is 19.0. The molecule has 0 heterocycles. The van der Waals surface area contributed by atoms with E-state index in [4.69, 9.17) is 5.73 Å². The van der Waals surface area contributed by atoms with Crippen LogP contribution < -0.4 is 5.73 Å². The molecule has 0 spiro atoms. The molecule has 0 saturated heterocycles. The van der Waals surface area contributed by atoms with Crippen molar-refractivity contribution in [2.24, 2.45) is 5.73 Å². The van der Waals surface area contributed by atoms with E-state index in [1.54, 1.807) is 12.1 Å². The fourth-order valence-corrected chi connectivity index (χ4v) is 3.16. The fraction of sp³-hybridized carbons (Fsp3) is 0.409. The minimum absolute atomic E-state index is 0.118. The summed E-state index contributed by atoms with van der Waals surface area (Å²) >= 11 is 0. The van der Waals surface area contributed by atoms with Gasteiger partial charge >= 0.3 is 0 Å². The van der Waals surface area contributed by atoms with Crippen LogP contribution in [0.25, 0.3) is 0 Å². The summed E-state index contributed by atoms with van der Waals surface area (Å²) in [7, 11) is 0. The average molecular weight is 370 g/mol. The maximum Gasteiger partial charge on any atom is 0.231 e. The van der Waals surface area contributed by atoms with Gasteiger partial charge < -0.3 is 15.9 Å². The van der Waals surface area contributed by atoms with E-state index in [1.807, 2.05) is 6.07 Å². The molecule has 0 aliphatic heterocycles. The molecule has 0 aromatic heterocycles. The molecule has 0 aliphatic rings. The van der Waals surface area contributed by atoms with Gasteiger partial charge in [0.1, 0.15) is 0 Å². The number of phenols is 2. The van der Waals surface area contributed by atoms with Crippen molar-refractivity contribution in [2.45, 2.75) is 38.5 Å². The van der Waals surface area contributed by atoms with Crippen molar-refractivity contribution < 1.29 is 15.0 Å². The third-order valence-electron chi connectivity index (χ3n) is 4.67. The number of aromatic hydroxyl groups is 2. The molecule has 0 radical (unpaired) electrons. The van der Waals surface area contributed by atoms with E-state index in [2.05, 4.69) is 29.2 Å². The highest BCUT2D eigenvalue weighted by Gasteiger charge is 2.09. The topological polar surface area (TPSA) is 86.8 Å². The molecule has 4 N–H and O–H groups in total. The van der Waals surface area contributed by atoms with Crippen LogP contribution in [0.1, 0.15) is 36.8 Å². The maximum atomic E-state index is 11.3. The Balaban J connectivity index is 1.68. The van der Waals surface area contributed by atoms with Crippen molar-refractivity contribution in [3.8, 4) is 11.5 Å². The van der Waals surface area contributed by atoms with Crippen LogP contribution in [-0.4, -0.2) is 40.7 Å². The van der Waals surface area contributed by atoms with Gasteiger partial charge in [0, 0.05) is 6.54 Å². The molecule has 2 aromatic rings. The average Bonchev–Trinajstić information content (AvgIpc) is 2.65. The second-order valence-electron chi connectivity index (χ2n) is 6.97. The molecule has 27 heavy (non-hydrogen) atoms. The first-order valence-electron chi connectivity index (χ1n) is 9.60. The largest absolute Gasteiger partial charge is 0.504 e. The second kappa shape index (κ2) is 11.2. The molecule has 2 rings (SSSR count). The monoisotopic (exact) mass is 370 g/mol. The first-order valence-corrected chi connectivity index (χ1v) is 9.60. The number of aryl methyl sites for hydroxylation is 1. The predicted octanol–water partition coefficient (Wildman–Crippen LogP) is 3.23. The van der Waals surface area contributed by atoms with Gasteiger partial charge in [0.15, 0.2) is 11.5 Å². The molecule has 5 nitrogen and oxygen atoms in total. The Morgan fingerprint density at radius 3 is 2.26 bits per heavy atom. The smallest absolute Gasteiger partial charge is 0.231 e. The number of carbonyl (C=O) groups is 1. The third kappa shape index (κ3) is 8.13. The summed E-state index contributed by atoms with van der Waals surface area (Å²) in [5.74, 6) is -0.566. The van der Waals surface area contributed by atoms with Gasteiger partial charge in [0.25, 0.3) is 0 Å². The minimum atomic E-state index is -0.326. The lowest BCUT2D eigenvalue weighted by molar-refractivity contribution is -0.119. The quantitative estimate of drug-likeness (QED) is 0.395. The highest BCUT2D eigenvalue weighted by molar-refractivity contribution is 5.75. The van der Waals surface area contributed by atoms with Crippen LogP contribution in [-0.2, 0) is 17.6 Å². The van der Waals surface area contributed by atoms with E-state index < -0.39 is 0 Å². The Labute approximate surface area is 161 Å². The molecule has 146 valence electrons. The summed E-state index contributed by atoms with van der Waals surface area (Å²) < 4.78 is 0. The van der Waals surface area contributed by atoms with Crippen molar-refractivity contribution in [1.29, 1.82) is 0 Å². The summed E-state index contributed by atoms with van der Waals surface area (Å²) in [5.41, 5.74) is 7.67. The number of nitrogens with two attached hydrogens (primary N) is 1. The van der Waals surface area contributed by atoms with Crippen LogP contribution in [0, 0.1) is 0 Å². The zero-order valence-electron chi connectivity index (χ0n) is 15.8. The van der Waals surface area contributed by atoms with E-state index in [1.165, 1.54) is 24.5 Å². The Morgan fingerprint density at radius 2 is 1.56 bits per heavy atom. The summed E-state index contributed by atoms with van der Waals surface area (Å²) in [6, 6.07) is 15.3. The van der Waals surface area contributed by atoms with E-state index in [0.717, 1.165) is 31.4 Å². The Morgan fingerprint density at radius 1 is 0.815 bits per heavy atom. The van der Waals surface area contributed by atoms with Crippen LogP contribution in [0.2, 0.25) is 0 Å². The number of hydrogen-bond donors (Lipinski definition) is 3. The first-order chi connectivity index (χ1) is 13.0. The lowest BCUT2D eigenvalue weighted by Gasteiger charge is -2.20. The second-order valence-corrected chi connectivity index (χ2v) is 6.97. The lowest BCUT2D eigenvalue weighted by atomic mass is 10.1. The Bertz CT molecular complexity index is 704. The van der Waals surface area contributed by atoms with E-state index in [0.29, 0.717) is 13.0 Å². The SMILES string of the molecule is NC(=O)CN(CCCCCCc1ccccc1)CCc1ccc(O)c(O)c1. The molecule has 1 amide bonds. The zero-order chi connectivity index (χ0) is 19.5. The van der Waals surface area contributed by atoms with Gasteiger partial charge in [0.05, 0.1) is 6.54 Å². The number of amides is 1. The first kappa shape index (κ1) is 20.8. The molecule has 0 aliphatic carbocycles. The third-order valence-corrected chi connectivity index (χ3v) is 4.67. The molecule has 0 bridgehead atoms. The molecular formula is C22H30N2O3. The van der Waals surface area contributed by atoms with Crippen LogP contribution in [0.5, 0.6) is 11.5 Å². The van der Waals surface area contributed by atoms with E-state index >= 15 is 0 Å². The van der Waals surface area contributed by atoms with Gasteiger partial charge in [0.2, 0.25) is 5.91 Å². The highest BCUT2D eigenvalue weighted by Crippen LogP contribution is 2.25. The standard InChI is InChI=1S/C22H30N2O3/c23-22(27)17-24(15-13-19-11-12-20(25)21(26)16-19)14-7-2-1-4-8-18-9-5-3-6-10-18/h3,5-6,9-12,16,25-26H,1-2,4,7-8,13-15,17H2,(H2,23,27). The minimum Gasteiger partial charge on any atom is -0.504 e. The number of phenolic OH excluding ortho intramolecular Hbond substituents is 2. The number of carbonyl (C=O) groups excluding carboxylic acids is 1. The number of hydrogen-bond acceptors (Lipinski definition) is 4. The maximum absolute atomic E-state index is 11.3. The fourth-order valence-electron chi connectivity index (χ4n) is 3.16. The molecule has 2 aromatic carbocycles. The van der Waals surface area contributed by atoms with Gasteiger partial charge in [-0.15, -0.1) is 0 Å². The molecule has 0 fully saturated rings. The lowest BCUT2D eigenvalue weighted by Crippen LogP contribution is -2.35. The van der Waals surface area contributed by atoms with Crippen molar-refractivity contribution in [3.05, 3.63) is 59.7 Å². The zero-order valence-corrected chi connectivity index (χ0v) is 15.8. The van der Waals surface area contributed by atoms with E-state index in [9.17, 15) is 15.0 Å². The van der Waals surface area contributed by atoms with Crippen LogP contribution in [0.3, 0.4) is 0 Å². The number of rotatable bonds is 12. The molecule has 0 unspecified atom stereocenters. The van der Waals surface area contributed by atoms with Crippen molar-refractivity contribution in [1.82, 2.24) is 4.90 Å². The number of primary amides is 1. The van der Waals surface area contributed by atoms with Crippen molar-refractivity contribution in [2.75, 3.05) is 19.6 Å². The van der Waals surface area contributed by atoms with Crippen LogP contribution >= 0.6 is 0 Å². The van der Waals surface area contributed by atoms with Crippen molar-refractivity contribution >= 4 is 5.91 Å². The summed E-state index contributed by atoms with van der Waals surface area (Å²) in [6.07, 6.45) is 6.30. The van der Waals surface area contributed by atoms with E-state index in [-0.39, 0.29) is 24.0 Å². The predicted molar refractivity (Wildman–Crippen MR) is 108 cm³/mol. The van der Waals surface area contributed by atoms with Crippen molar-refractivity contribution in [3.63, 3.8) is 0 Å². The van der Waals surface area contributed by atoms with Gasteiger partial charge in [-0.25, -0.2) is 0 Å². The van der Waals surface area contributed by atoms with Crippen LogP contribution in [0.4, 0.5) is 0 Å². The number of benzene rings is 2. The normalized spacial score (nSPS) is 11.0. The molecule has 5 heteroatoms. The molecule has 0 saturated carbocycles. The number of nitrogens with zero attached hydrogens (tertiary/aromatic N) is 1. The van der Waals surface area contributed by atoms with Gasteiger partial charge in [-0.2, -0.15) is 0 Å². The van der Waals surface area contributed by atoms with Crippen LogP contribution in [0.15, 0.2) is 48.5 Å². The Hall–Kier alpha value is -2.53. The summed E-state index contributed by atoms with van der Waals surface area (Å²) in [4.78, 5) is 13.4. The van der Waals surface area contributed by atoms with Gasteiger partial charge in [-0.1, -0.05) is 49.2 Å². The highest BCUT2D eigenvalue weighted by atomic mass is 16.3. The molecule has 0 atom stereocenters.